The lowest BCUT2D eigenvalue weighted by molar-refractivity contribution is 0.414. The van der Waals surface area contributed by atoms with Gasteiger partial charge < -0.3 is 5.32 Å². The maximum absolute atomic E-state index is 12.1. The van der Waals surface area contributed by atoms with E-state index < -0.39 is 9.84 Å². The molecule has 3 rings (SSSR count). The molecule has 1 fully saturated rings. The molecule has 0 spiro atoms. The normalized spacial score (nSPS) is 31.9. The van der Waals surface area contributed by atoms with Crippen LogP contribution >= 0.6 is 0 Å². The molecule has 1 aliphatic carbocycles. The number of sulfone groups is 1. The average molecular weight is 293 g/mol. The number of fused-ring (bicyclic) bond motifs is 1. The summed E-state index contributed by atoms with van der Waals surface area (Å²) in [6.45, 7) is 3.34. The molecular formula is C16H23NO2S. The summed E-state index contributed by atoms with van der Waals surface area (Å²) in [7, 11) is -3.06. The van der Waals surface area contributed by atoms with Crippen molar-refractivity contribution >= 4 is 9.84 Å². The first kappa shape index (κ1) is 14.1. The number of hydrogen-bond donors (Lipinski definition) is 1. The third kappa shape index (κ3) is 2.77. The Morgan fingerprint density at radius 3 is 2.75 bits per heavy atom. The molecule has 0 amide bonds. The SMILES string of the molecule is CC1CCC(CNC2CCS(=O)(=O)c3ccccc32)C1. The molecule has 110 valence electrons. The summed E-state index contributed by atoms with van der Waals surface area (Å²) in [5.41, 5.74) is 0.963. The van der Waals surface area contributed by atoms with Gasteiger partial charge in [0.25, 0.3) is 0 Å². The molecule has 20 heavy (non-hydrogen) atoms. The minimum atomic E-state index is -3.06. The van der Waals surface area contributed by atoms with Crippen molar-refractivity contribution in [3.63, 3.8) is 0 Å². The zero-order valence-electron chi connectivity index (χ0n) is 12.0. The largest absolute Gasteiger partial charge is 0.310 e. The summed E-state index contributed by atoms with van der Waals surface area (Å²) in [6, 6.07) is 7.66. The molecule has 3 unspecified atom stereocenters. The lowest BCUT2D eigenvalue weighted by atomic mass is 10.0. The molecule has 1 heterocycles. The summed E-state index contributed by atoms with van der Waals surface area (Å²) < 4.78 is 24.2. The van der Waals surface area contributed by atoms with Crippen LogP contribution in [0.5, 0.6) is 0 Å². The molecule has 1 aromatic rings. The number of hydrogen-bond acceptors (Lipinski definition) is 3. The molecule has 1 saturated carbocycles. The van der Waals surface area contributed by atoms with E-state index >= 15 is 0 Å². The van der Waals surface area contributed by atoms with E-state index in [1.807, 2.05) is 18.2 Å². The first-order valence-corrected chi connectivity index (χ1v) is 9.26. The Balaban J connectivity index is 1.72. The Morgan fingerprint density at radius 2 is 2.00 bits per heavy atom. The highest BCUT2D eigenvalue weighted by atomic mass is 32.2. The Labute approximate surface area is 121 Å². The Hall–Kier alpha value is -0.870. The van der Waals surface area contributed by atoms with Crippen LogP contribution in [0.1, 0.15) is 44.2 Å². The van der Waals surface area contributed by atoms with Crippen LogP contribution in [0.15, 0.2) is 29.2 Å². The Kier molecular flexibility index (Phi) is 3.87. The van der Waals surface area contributed by atoms with E-state index in [9.17, 15) is 8.42 Å². The van der Waals surface area contributed by atoms with Gasteiger partial charge in [-0.05, 0) is 49.3 Å². The highest BCUT2D eigenvalue weighted by molar-refractivity contribution is 7.91. The van der Waals surface area contributed by atoms with Gasteiger partial charge in [0.1, 0.15) is 0 Å². The van der Waals surface area contributed by atoms with Crippen LogP contribution in [-0.2, 0) is 9.84 Å². The van der Waals surface area contributed by atoms with Gasteiger partial charge in [0.05, 0.1) is 10.6 Å². The van der Waals surface area contributed by atoms with Crippen molar-refractivity contribution in [1.29, 1.82) is 0 Å². The fourth-order valence-electron chi connectivity index (χ4n) is 3.62. The van der Waals surface area contributed by atoms with Crippen molar-refractivity contribution in [2.24, 2.45) is 11.8 Å². The Bertz CT molecular complexity index is 582. The van der Waals surface area contributed by atoms with Gasteiger partial charge in [0.15, 0.2) is 9.84 Å². The summed E-state index contributed by atoms with van der Waals surface area (Å²) in [4.78, 5) is 0.531. The van der Waals surface area contributed by atoms with Gasteiger partial charge in [-0.2, -0.15) is 0 Å². The zero-order chi connectivity index (χ0) is 14.2. The lowest BCUT2D eigenvalue weighted by Crippen LogP contribution is -2.32. The highest BCUT2D eigenvalue weighted by Crippen LogP contribution is 2.34. The minimum absolute atomic E-state index is 0.200. The summed E-state index contributed by atoms with van der Waals surface area (Å²) in [6.07, 6.45) is 4.64. The predicted octanol–water partition coefficient (Wildman–Crippen LogP) is 2.93. The smallest absolute Gasteiger partial charge is 0.178 e. The van der Waals surface area contributed by atoms with Crippen LogP contribution in [0.2, 0.25) is 0 Å². The van der Waals surface area contributed by atoms with Gasteiger partial charge in [0, 0.05) is 6.04 Å². The second-order valence-electron chi connectivity index (χ2n) is 6.39. The molecule has 4 heteroatoms. The zero-order valence-corrected chi connectivity index (χ0v) is 12.8. The summed E-state index contributed by atoms with van der Waals surface area (Å²) in [5.74, 6) is 1.87. The van der Waals surface area contributed by atoms with Crippen LogP contribution in [-0.4, -0.2) is 20.7 Å². The van der Waals surface area contributed by atoms with Gasteiger partial charge in [-0.25, -0.2) is 8.42 Å². The van der Waals surface area contributed by atoms with Crippen molar-refractivity contribution < 1.29 is 8.42 Å². The first-order chi connectivity index (χ1) is 9.56. The molecule has 0 saturated heterocycles. The monoisotopic (exact) mass is 293 g/mol. The standard InChI is InChI=1S/C16H23NO2S/c1-12-6-7-13(10-12)11-17-15-8-9-20(18,19)16-5-3-2-4-14(15)16/h2-5,12-13,15,17H,6-11H2,1H3. The van der Waals surface area contributed by atoms with E-state index in [1.165, 1.54) is 19.3 Å². The molecule has 0 radical (unpaired) electrons. The maximum Gasteiger partial charge on any atom is 0.178 e. The summed E-state index contributed by atoms with van der Waals surface area (Å²) in [5, 5.41) is 3.61. The molecule has 1 N–H and O–H groups in total. The van der Waals surface area contributed by atoms with Gasteiger partial charge in [-0.3, -0.25) is 0 Å². The van der Waals surface area contributed by atoms with E-state index in [0.29, 0.717) is 11.3 Å². The van der Waals surface area contributed by atoms with E-state index in [1.54, 1.807) is 6.07 Å². The molecule has 3 atom stereocenters. The number of nitrogens with one attached hydrogen (secondary N) is 1. The van der Waals surface area contributed by atoms with E-state index in [2.05, 4.69) is 12.2 Å². The van der Waals surface area contributed by atoms with Crippen molar-refractivity contribution in [2.45, 2.75) is 43.5 Å². The van der Waals surface area contributed by atoms with Gasteiger partial charge >= 0.3 is 0 Å². The predicted molar refractivity (Wildman–Crippen MR) is 80.4 cm³/mol. The van der Waals surface area contributed by atoms with E-state index in [-0.39, 0.29) is 11.8 Å². The molecule has 2 aliphatic rings. The van der Waals surface area contributed by atoms with Crippen LogP contribution in [0, 0.1) is 11.8 Å². The van der Waals surface area contributed by atoms with Gasteiger partial charge in [0.2, 0.25) is 0 Å². The van der Waals surface area contributed by atoms with E-state index in [4.69, 9.17) is 0 Å². The fraction of sp³-hybridized carbons (Fsp3) is 0.625. The fourth-order valence-corrected chi connectivity index (χ4v) is 5.24. The third-order valence-corrected chi connectivity index (χ3v) is 6.58. The van der Waals surface area contributed by atoms with Crippen LogP contribution in [0.25, 0.3) is 0 Å². The molecule has 0 aromatic heterocycles. The van der Waals surface area contributed by atoms with Crippen molar-refractivity contribution in [3.05, 3.63) is 29.8 Å². The average Bonchev–Trinajstić information content (AvgIpc) is 2.84. The number of benzene rings is 1. The third-order valence-electron chi connectivity index (χ3n) is 4.76. The van der Waals surface area contributed by atoms with Crippen LogP contribution < -0.4 is 5.32 Å². The molecule has 1 aromatic carbocycles. The molecule has 3 nitrogen and oxygen atoms in total. The van der Waals surface area contributed by atoms with Crippen LogP contribution in [0.3, 0.4) is 0 Å². The van der Waals surface area contributed by atoms with Gasteiger partial charge in [-0.1, -0.05) is 31.5 Å². The topological polar surface area (TPSA) is 46.2 Å². The van der Waals surface area contributed by atoms with Crippen molar-refractivity contribution in [1.82, 2.24) is 5.32 Å². The lowest BCUT2D eigenvalue weighted by Gasteiger charge is -2.27. The minimum Gasteiger partial charge on any atom is -0.310 e. The van der Waals surface area contributed by atoms with Gasteiger partial charge in [-0.15, -0.1) is 0 Å². The quantitative estimate of drug-likeness (QED) is 0.932. The molecule has 0 bridgehead atoms. The van der Waals surface area contributed by atoms with Crippen LogP contribution in [0.4, 0.5) is 0 Å². The second kappa shape index (κ2) is 5.49. The van der Waals surface area contributed by atoms with Crippen molar-refractivity contribution in [2.75, 3.05) is 12.3 Å². The maximum atomic E-state index is 12.1. The summed E-state index contributed by atoms with van der Waals surface area (Å²) >= 11 is 0. The molecular weight excluding hydrogens is 270 g/mol. The van der Waals surface area contributed by atoms with E-state index in [0.717, 1.165) is 23.9 Å². The Morgan fingerprint density at radius 1 is 1.20 bits per heavy atom. The van der Waals surface area contributed by atoms with Crippen molar-refractivity contribution in [3.8, 4) is 0 Å². The molecule has 1 aliphatic heterocycles. The number of rotatable bonds is 3. The second-order valence-corrected chi connectivity index (χ2v) is 8.47. The highest BCUT2D eigenvalue weighted by Gasteiger charge is 2.30. The first-order valence-electron chi connectivity index (χ1n) is 7.61.